The Balaban J connectivity index is 2.79. The molecule has 0 aromatic carbocycles. The van der Waals surface area contributed by atoms with Gasteiger partial charge in [0.05, 0.1) is 12.1 Å². The quantitative estimate of drug-likeness (QED) is 0.767. The lowest BCUT2D eigenvalue weighted by atomic mass is 10.0. The van der Waals surface area contributed by atoms with Gasteiger partial charge in [0.15, 0.2) is 0 Å². The van der Waals surface area contributed by atoms with Crippen molar-refractivity contribution >= 4 is 5.97 Å². The topological polar surface area (TPSA) is 66.0 Å². The van der Waals surface area contributed by atoms with Crippen molar-refractivity contribution in [3.05, 3.63) is 17.0 Å². The second kappa shape index (κ2) is 4.26. The summed E-state index contributed by atoms with van der Waals surface area (Å²) in [6.07, 6.45) is 0.916. The summed E-state index contributed by atoms with van der Waals surface area (Å²) in [4.78, 5) is 10.5. The first-order valence-electron chi connectivity index (χ1n) is 4.75. The van der Waals surface area contributed by atoms with Crippen molar-refractivity contribution < 1.29 is 9.90 Å². The van der Waals surface area contributed by atoms with Crippen LogP contribution in [0.2, 0.25) is 0 Å². The van der Waals surface area contributed by atoms with Gasteiger partial charge in [0, 0.05) is 5.69 Å². The lowest BCUT2D eigenvalue weighted by Crippen LogP contribution is -2.02. The standard InChI is InChI=1S/C10H16N2O2/c1-6(2)4-8-7(3)9(12-11-8)5-10(13)14/h6H,4-5H2,1-3H3,(H,11,12)(H,13,14). The van der Waals surface area contributed by atoms with E-state index in [2.05, 4.69) is 24.0 Å². The van der Waals surface area contributed by atoms with Crippen LogP contribution < -0.4 is 0 Å². The number of carboxylic acid groups (broad SMARTS) is 1. The SMILES string of the molecule is Cc1c(CC(C)C)n[nH]c1CC(=O)O. The first-order chi connectivity index (χ1) is 6.50. The summed E-state index contributed by atoms with van der Waals surface area (Å²) in [5, 5.41) is 15.5. The molecule has 0 aliphatic heterocycles. The molecule has 0 unspecified atom stereocenters. The average Bonchev–Trinajstić information content (AvgIpc) is 2.34. The molecule has 0 atom stereocenters. The van der Waals surface area contributed by atoms with Crippen LogP contribution in [0.5, 0.6) is 0 Å². The van der Waals surface area contributed by atoms with Crippen molar-refractivity contribution in [2.24, 2.45) is 5.92 Å². The third kappa shape index (κ3) is 2.58. The second-order valence-electron chi connectivity index (χ2n) is 3.94. The highest BCUT2D eigenvalue weighted by molar-refractivity contribution is 5.70. The first kappa shape index (κ1) is 10.8. The number of nitrogens with zero attached hydrogens (tertiary/aromatic N) is 1. The Labute approximate surface area is 83.3 Å². The Morgan fingerprint density at radius 3 is 2.71 bits per heavy atom. The number of nitrogens with one attached hydrogen (secondary N) is 1. The van der Waals surface area contributed by atoms with Crippen LogP contribution in [-0.4, -0.2) is 21.3 Å². The minimum Gasteiger partial charge on any atom is -0.481 e. The maximum atomic E-state index is 10.5. The summed E-state index contributed by atoms with van der Waals surface area (Å²) >= 11 is 0. The minimum absolute atomic E-state index is 0.0247. The highest BCUT2D eigenvalue weighted by Gasteiger charge is 2.12. The molecular weight excluding hydrogens is 180 g/mol. The highest BCUT2D eigenvalue weighted by atomic mass is 16.4. The van der Waals surface area contributed by atoms with E-state index < -0.39 is 5.97 Å². The number of aromatic amines is 1. The van der Waals surface area contributed by atoms with Gasteiger partial charge >= 0.3 is 5.97 Å². The molecule has 2 N–H and O–H groups in total. The summed E-state index contributed by atoms with van der Waals surface area (Å²) in [5.41, 5.74) is 2.69. The molecule has 0 aliphatic rings. The van der Waals surface area contributed by atoms with Crippen molar-refractivity contribution in [2.45, 2.75) is 33.6 Å². The van der Waals surface area contributed by atoms with Crippen LogP contribution in [0.4, 0.5) is 0 Å². The molecule has 0 fully saturated rings. The zero-order chi connectivity index (χ0) is 10.7. The number of carboxylic acids is 1. The average molecular weight is 196 g/mol. The van der Waals surface area contributed by atoms with E-state index in [4.69, 9.17) is 5.11 Å². The van der Waals surface area contributed by atoms with Crippen molar-refractivity contribution in [3.63, 3.8) is 0 Å². The molecule has 1 rings (SSSR count). The van der Waals surface area contributed by atoms with E-state index in [9.17, 15) is 4.79 Å². The Bertz CT molecular complexity index is 329. The lowest BCUT2D eigenvalue weighted by molar-refractivity contribution is -0.136. The molecular formula is C10H16N2O2. The van der Waals surface area contributed by atoms with Crippen LogP contribution in [-0.2, 0) is 17.6 Å². The number of hydrogen-bond donors (Lipinski definition) is 2. The summed E-state index contributed by atoms with van der Waals surface area (Å²) in [5.74, 6) is -0.289. The zero-order valence-corrected chi connectivity index (χ0v) is 8.79. The molecule has 4 nitrogen and oxygen atoms in total. The fourth-order valence-corrected chi connectivity index (χ4v) is 1.39. The van der Waals surface area contributed by atoms with Crippen LogP contribution >= 0.6 is 0 Å². The Hall–Kier alpha value is -1.32. The molecule has 14 heavy (non-hydrogen) atoms. The smallest absolute Gasteiger partial charge is 0.309 e. The van der Waals surface area contributed by atoms with Crippen LogP contribution in [0, 0.1) is 12.8 Å². The Kier molecular flexibility index (Phi) is 3.28. The molecule has 0 spiro atoms. The maximum absolute atomic E-state index is 10.5. The molecule has 0 bridgehead atoms. The Morgan fingerprint density at radius 1 is 1.57 bits per heavy atom. The monoisotopic (exact) mass is 196 g/mol. The van der Waals surface area contributed by atoms with Gasteiger partial charge in [-0.1, -0.05) is 13.8 Å². The van der Waals surface area contributed by atoms with Crippen molar-refractivity contribution in [3.8, 4) is 0 Å². The van der Waals surface area contributed by atoms with Gasteiger partial charge in [-0.25, -0.2) is 0 Å². The normalized spacial score (nSPS) is 10.9. The van der Waals surface area contributed by atoms with Crippen LogP contribution in [0.3, 0.4) is 0 Å². The molecule has 78 valence electrons. The number of aromatic nitrogens is 2. The number of hydrogen-bond acceptors (Lipinski definition) is 2. The van der Waals surface area contributed by atoms with Crippen LogP contribution in [0.1, 0.15) is 30.8 Å². The van der Waals surface area contributed by atoms with Gasteiger partial charge in [0.25, 0.3) is 0 Å². The van der Waals surface area contributed by atoms with Crippen molar-refractivity contribution in [1.29, 1.82) is 0 Å². The first-order valence-corrected chi connectivity index (χ1v) is 4.75. The van der Waals surface area contributed by atoms with E-state index in [1.54, 1.807) is 0 Å². The number of aliphatic carboxylic acids is 1. The number of H-pyrrole nitrogens is 1. The molecule has 0 amide bonds. The van der Waals surface area contributed by atoms with Gasteiger partial charge in [0.2, 0.25) is 0 Å². The van der Waals surface area contributed by atoms with Gasteiger partial charge in [-0.05, 0) is 24.8 Å². The molecule has 0 saturated carbocycles. The molecule has 0 radical (unpaired) electrons. The van der Waals surface area contributed by atoms with Crippen LogP contribution in [0.25, 0.3) is 0 Å². The van der Waals surface area contributed by atoms with Gasteiger partial charge in [0.1, 0.15) is 0 Å². The highest BCUT2D eigenvalue weighted by Crippen LogP contribution is 2.14. The second-order valence-corrected chi connectivity index (χ2v) is 3.94. The zero-order valence-electron chi connectivity index (χ0n) is 8.79. The summed E-state index contributed by atoms with van der Waals surface area (Å²) in [6, 6.07) is 0. The van der Waals surface area contributed by atoms with Crippen molar-refractivity contribution in [1.82, 2.24) is 10.2 Å². The van der Waals surface area contributed by atoms with Crippen molar-refractivity contribution in [2.75, 3.05) is 0 Å². The number of carbonyl (C=O) groups is 1. The fraction of sp³-hybridized carbons (Fsp3) is 0.600. The van der Waals surface area contributed by atoms with Gasteiger partial charge in [-0.3, -0.25) is 9.89 Å². The van der Waals surface area contributed by atoms with E-state index >= 15 is 0 Å². The summed E-state index contributed by atoms with van der Waals surface area (Å²) in [6.45, 7) is 6.15. The summed E-state index contributed by atoms with van der Waals surface area (Å²) in [7, 11) is 0. The summed E-state index contributed by atoms with van der Waals surface area (Å²) < 4.78 is 0. The van der Waals surface area contributed by atoms with E-state index in [1.807, 2.05) is 6.92 Å². The molecule has 1 heterocycles. The molecule has 0 aliphatic carbocycles. The van der Waals surface area contributed by atoms with E-state index in [-0.39, 0.29) is 6.42 Å². The van der Waals surface area contributed by atoms with E-state index in [1.165, 1.54) is 0 Å². The third-order valence-corrected chi connectivity index (χ3v) is 2.14. The third-order valence-electron chi connectivity index (χ3n) is 2.14. The van der Waals surface area contributed by atoms with Gasteiger partial charge in [-0.2, -0.15) is 5.10 Å². The molecule has 4 heteroatoms. The predicted molar refractivity (Wildman–Crippen MR) is 53.2 cm³/mol. The van der Waals surface area contributed by atoms with Crippen LogP contribution in [0.15, 0.2) is 0 Å². The lowest BCUT2D eigenvalue weighted by Gasteiger charge is -2.01. The Morgan fingerprint density at radius 2 is 2.21 bits per heavy atom. The minimum atomic E-state index is -0.826. The maximum Gasteiger partial charge on any atom is 0.309 e. The van der Waals surface area contributed by atoms with Gasteiger partial charge in [-0.15, -0.1) is 0 Å². The predicted octanol–water partition coefficient (Wildman–Crippen LogP) is 1.54. The fourth-order valence-electron chi connectivity index (χ4n) is 1.39. The molecule has 1 aromatic rings. The molecule has 0 saturated heterocycles. The van der Waals surface area contributed by atoms with E-state index in [0.717, 1.165) is 17.7 Å². The largest absolute Gasteiger partial charge is 0.481 e. The molecule has 1 aromatic heterocycles. The van der Waals surface area contributed by atoms with Gasteiger partial charge < -0.3 is 5.11 Å². The number of rotatable bonds is 4. The van der Waals surface area contributed by atoms with E-state index in [0.29, 0.717) is 11.6 Å².